The molecule has 5 heteroatoms. The number of hydrogen-bond acceptors (Lipinski definition) is 2. The summed E-state index contributed by atoms with van der Waals surface area (Å²) in [6.07, 6.45) is -2.59. The van der Waals surface area contributed by atoms with E-state index in [4.69, 9.17) is 0 Å². The van der Waals surface area contributed by atoms with Crippen LogP contribution in [0.15, 0.2) is 23.6 Å². The number of aryl methyl sites for hydroxylation is 2. The first-order chi connectivity index (χ1) is 10.8. The molecule has 0 aliphatic heterocycles. The smallest absolute Gasteiger partial charge is 0.246 e. The fourth-order valence-corrected chi connectivity index (χ4v) is 2.48. The average molecular weight is 345 g/mol. The normalized spacial score (nSPS) is 10.3. The number of rotatable bonds is 2. The molecule has 0 spiro atoms. The molecule has 0 aliphatic carbocycles. The lowest BCUT2D eigenvalue weighted by Gasteiger charge is -2.10. The van der Waals surface area contributed by atoms with Crippen LogP contribution >= 0.6 is 11.3 Å². The zero-order valence-corrected chi connectivity index (χ0v) is 15.5. The molecule has 2 rings (SSSR count). The molecule has 0 aliphatic rings. The monoisotopic (exact) mass is 345 g/mol. The maximum Gasteiger partial charge on any atom is 0.416 e. The number of aromatic nitrogens is 1. The Balaban J connectivity index is 0.000000868. The van der Waals surface area contributed by atoms with Gasteiger partial charge in [0.15, 0.2) is 0 Å². The molecule has 1 heterocycles. The number of halogens is 3. The SMILES string of the molecule is CC.CCC.Cc1csc(Cc2cc(C(F)(F)F)ccc2C)n1. The fraction of sp³-hybridized carbons (Fsp3) is 0.500. The van der Waals surface area contributed by atoms with Crippen LogP contribution in [0, 0.1) is 13.8 Å². The third-order valence-electron chi connectivity index (χ3n) is 2.68. The lowest BCUT2D eigenvalue weighted by molar-refractivity contribution is -0.137. The molecular weight excluding hydrogens is 319 g/mol. The Labute approximate surface area is 141 Å². The molecule has 0 saturated carbocycles. The van der Waals surface area contributed by atoms with Gasteiger partial charge in [-0.1, -0.05) is 40.2 Å². The Morgan fingerprint density at radius 1 is 1.09 bits per heavy atom. The van der Waals surface area contributed by atoms with Gasteiger partial charge < -0.3 is 0 Å². The van der Waals surface area contributed by atoms with Gasteiger partial charge >= 0.3 is 6.18 Å². The highest BCUT2D eigenvalue weighted by Gasteiger charge is 2.30. The molecular formula is C18H26F3NS. The number of nitrogens with zero attached hydrogens (tertiary/aromatic N) is 1. The fourth-order valence-electron chi connectivity index (χ4n) is 1.69. The molecule has 0 saturated heterocycles. The van der Waals surface area contributed by atoms with Crippen LogP contribution in [0.5, 0.6) is 0 Å². The molecule has 1 nitrogen and oxygen atoms in total. The van der Waals surface area contributed by atoms with Gasteiger partial charge in [0, 0.05) is 17.5 Å². The molecule has 0 radical (unpaired) electrons. The van der Waals surface area contributed by atoms with Crippen LogP contribution in [-0.2, 0) is 12.6 Å². The van der Waals surface area contributed by atoms with Crippen molar-refractivity contribution in [1.29, 1.82) is 0 Å². The van der Waals surface area contributed by atoms with Crippen molar-refractivity contribution < 1.29 is 13.2 Å². The van der Waals surface area contributed by atoms with Gasteiger partial charge in [-0.15, -0.1) is 11.3 Å². The minimum atomic E-state index is -4.29. The van der Waals surface area contributed by atoms with Gasteiger partial charge in [0.25, 0.3) is 0 Å². The first-order valence-electron chi connectivity index (χ1n) is 7.85. The van der Waals surface area contributed by atoms with Gasteiger partial charge in [-0.05, 0) is 37.1 Å². The highest BCUT2D eigenvalue weighted by Crippen LogP contribution is 2.31. The van der Waals surface area contributed by atoms with Crippen molar-refractivity contribution in [1.82, 2.24) is 4.98 Å². The third-order valence-corrected chi connectivity index (χ3v) is 3.65. The number of benzene rings is 1. The minimum Gasteiger partial charge on any atom is -0.246 e. The quantitative estimate of drug-likeness (QED) is 0.582. The molecule has 1 aromatic carbocycles. The van der Waals surface area contributed by atoms with E-state index in [2.05, 4.69) is 18.8 Å². The highest BCUT2D eigenvalue weighted by molar-refractivity contribution is 7.09. The Kier molecular flexibility index (Phi) is 9.80. The average Bonchev–Trinajstić information content (AvgIpc) is 2.88. The first-order valence-corrected chi connectivity index (χ1v) is 8.73. The van der Waals surface area contributed by atoms with Crippen LogP contribution in [0.1, 0.15) is 61.5 Å². The van der Waals surface area contributed by atoms with Crippen molar-refractivity contribution in [2.45, 2.75) is 60.6 Å². The standard InChI is InChI=1S/C13H12F3NS.C3H8.C2H6/c1-8-3-4-11(13(14,15)16)5-10(8)6-12-17-9(2)7-18-12;1-3-2;1-2/h3-5,7H,6H2,1-2H3;3H2,1-2H3;1-2H3. The van der Waals surface area contributed by atoms with E-state index < -0.39 is 11.7 Å². The lowest BCUT2D eigenvalue weighted by atomic mass is 10.0. The predicted octanol–water partition coefficient (Wildman–Crippen LogP) is 6.81. The van der Waals surface area contributed by atoms with Crippen LogP contribution in [0.3, 0.4) is 0 Å². The molecule has 0 bridgehead atoms. The molecule has 23 heavy (non-hydrogen) atoms. The van der Waals surface area contributed by atoms with E-state index in [-0.39, 0.29) is 0 Å². The second-order valence-electron chi connectivity index (χ2n) is 4.91. The number of thiazole rings is 1. The topological polar surface area (TPSA) is 12.9 Å². The number of alkyl halides is 3. The molecule has 130 valence electrons. The van der Waals surface area contributed by atoms with Crippen molar-refractivity contribution in [3.8, 4) is 0 Å². The predicted molar refractivity (Wildman–Crippen MR) is 93.2 cm³/mol. The Morgan fingerprint density at radius 2 is 1.65 bits per heavy atom. The van der Waals surface area contributed by atoms with Gasteiger partial charge in [-0.25, -0.2) is 4.98 Å². The zero-order valence-electron chi connectivity index (χ0n) is 14.7. The van der Waals surface area contributed by atoms with E-state index in [9.17, 15) is 13.2 Å². The summed E-state index contributed by atoms with van der Waals surface area (Å²) in [6, 6.07) is 3.84. The summed E-state index contributed by atoms with van der Waals surface area (Å²) in [5.74, 6) is 0. The molecule has 0 amide bonds. The van der Waals surface area contributed by atoms with E-state index in [1.807, 2.05) is 33.1 Å². The van der Waals surface area contributed by atoms with E-state index in [0.717, 1.165) is 22.3 Å². The molecule has 0 N–H and O–H groups in total. The maximum absolute atomic E-state index is 12.6. The highest BCUT2D eigenvalue weighted by atomic mass is 32.1. The summed E-state index contributed by atoms with van der Waals surface area (Å²) in [7, 11) is 0. The third kappa shape index (κ3) is 7.64. The largest absolute Gasteiger partial charge is 0.416 e. The van der Waals surface area contributed by atoms with Crippen molar-refractivity contribution in [2.75, 3.05) is 0 Å². The first kappa shape index (κ1) is 21.6. The molecule has 0 fully saturated rings. The summed E-state index contributed by atoms with van der Waals surface area (Å²) in [6.45, 7) is 11.9. The van der Waals surface area contributed by atoms with E-state index >= 15 is 0 Å². The Hall–Kier alpha value is -1.36. The van der Waals surface area contributed by atoms with Gasteiger partial charge in [0.2, 0.25) is 0 Å². The van der Waals surface area contributed by atoms with Crippen LogP contribution in [-0.4, -0.2) is 4.98 Å². The van der Waals surface area contributed by atoms with Crippen molar-refractivity contribution >= 4 is 11.3 Å². The number of hydrogen-bond donors (Lipinski definition) is 0. The van der Waals surface area contributed by atoms with E-state index in [0.29, 0.717) is 12.0 Å². The van der Waals surface area contributed by atoms with E-state index in [1.54, 1.807) is 0 Å². The van der Waals surface area contributed by atoms with Crippen molar-refractivity contribution in [2.24, 2.45) is 0 Å². The molecule has 0 unspecified atom stereocenters. The summed E-state index contributed by atoms with van der Waals surface area (Å²) in [4.78, 5) is 4.28. The Morgan fingerprint density at radius 3 is 2.09 bits per heavy atom. The van der Waals surface area contributed by atoms with Crippen LogP contribution < -0.4 is 0 Å². The van der Waals surface area contributed by atoms with Crippen LogP contribution in [0.2, 0.25) is 0 Å². The lowest BCUT2D eigenvalue weighted by Crippen LogP contribution is -2.06. The van der Waals surface area contributed by atoms with Gasteiger partial charge in [-0.2, -0.15) is 13.2 Å². The Bertz CT molecular complexity index is 574. The van der Waals surface area contributed by atoms with Crippen LogP contribution in [0.25, 0.3) is 0 Å². The summed E-state index contributed by atoms with van der Waals surface area (Å²) in [5.41, 5.74) is 1.84. The second kappa shape index (κ2) is 10.4. The molecule has 2 aromatic rings. The van der Waals surface area contributed by atoms with Crippen LogP contribution in [0.4, 0.5) is 13.2 Å². The summed E-state index contributed by atoms with van der Waals surface area (Å²) < 4.78 is 37.9. The maximum atomic E-state index is 12.6. The second-order valence-corrected chi connectivity index (χ2v) is 5.85. The van der Waals surface area contributed by atoms with Gasteiger partial charge in [0.05, 0.1) is 10.6 Å². The van der Waals surface area contributed by atoms with Gasteiger partial charge in [0.1, 0.15) is 0 Å². The van der Waals surface area contributed by atoms with Crippen molar-refractivity contribution in [3.63, 3.8) is 0 Å². The molecule has 1 aromatic heterocycles. The zero-order chi connectivity index (χ0) is 18.0. The summed E-state index contributed by atoms with van der Waals surface area (Å²) in [5, 5.41) is 2.74. The minimum absolute atomic E-state index is 0.453. The molecule has 0 atom stereocenters. The van der Waals surface area contributed by atoms with Crippen molar-refractivity contribution in [3.05, 3.63) is 51.0 Å². The summed E-state index contributed by atoms with van der Waals surface area (Å²) >= 11 is 1.47. The van der Waals surface area contributed by atoms with Gasteiger partial charge in [-0.3, -0.25) is 0 Å². The van der Waals surface area contributed by atoms with E-state index in [1.165, 1.54) is 29.9 Å².